The summed E-state index contributed by atoms with van der Waals surface area (Å²) < 4.78 is 15.4. The molecule has 0 spiro atoms. The van der Waals surface area contributed by atoms with Crippen molar-refractivity contribution in [3.8, 4) is 0 Å². The predicted octanol–water partition coefficient (Wildman–Crippen LogP) is 7.11. The Kier molecular flexibility index (Phi) is 8.54. The van der Waals surface area contributed by atoms with E-state index in [1.54, 1.807) is 53.4 Å². The van der Waals surface area contributed by atoms with Crippen molar-refractivity contribution in [1.82, 2.24) is 0 Å². The fourth-order valence-electron chi connectivity index (χ4n) is 4.28. The Hall–Kier alpha value is -4.13. The van der Waals surface area contributed by atoms with Crippen LogP contribution in [0.4, 0.5) is 17.1 Å². The molecule has 0 aliphatic carbocycles. The van der Waals surface area contributed by atoms with Gasteiger partial charge in [-0.1, -0.05) is 65.8 Å². The molecule has 3 aromatic rings. The highest BCUT2D eigenvalue weighted by molar-refractivity contribution is 6.06. The Morgan fingerprint density at radius 1 is 0.538 bits per heavy atom. The number of hydrogen-bond acceptors (Lipinski definition) is 7. The third-order valence-corrected chi connectivity index (χ3v) is 6.57. The highest BCUT2D eigenvalue weighted by atomic mass is 16.5. The molecule has 0 amide bonds. The number of rotatable bonds is 6. The van der Waals surface area contributed by atoms with Crippen LogP contribution in [0.1, 0.15) is 83.7 Å². The summed E-state index contributed by atoms with van der Waals surface area (Å²) in [6.07, 6.45) is 0. The number of carbonyl (C=O) groups is 3. The minimum Gasteiger partial charge on any atom is -0.465 e. The molecule has 3 aromatic carbocycles. The maximum absolute atomic E-state index is 13.2. The molecule has 0 unspecified atom stereocenters. The number of ether oxygens (including phenoxy) is 3. The Balaban J connectivity index is 2.50. The first kappa shape index (κ1) is 29.4. The van der Waals surface area contributed by atoms with E-state index in [0.717, 1.165) is 11.1 Å². The second kappa shape index (κ2) is 11.3. The lowest BCUT2D eigenvalue weighted by Crippen LogP contribution is -2.22. The number of methoxy groups -OCH3 is 3. The quantitative estimate of drug-likeness (QED) is 0.248. The molecule has 0 saturated heterocycles. The van der Waals surface area contributed by atoms with Crippen molar-refractivity contribution < 1.29 is 28.6 Å². The van der Waals surface area contributed by atoms with Gasteiger partial charge in [0.2, 0.25) is 0 Å². The number of carbonyl (C=O) groups excluding carboxylic acids is 3. The molecule has 0 heterocycles. The molecule has 7 heteroatoms. The van der Waals surface area contributed by atoms with E-state index in [2.05, 4.69) is 0 Å². The highest BCUT2D eigenvalue weighted by Crippen LogP contribution is 2.43. The first-order chi connectivity index (χ1) is 18.2. The van der Waals surface area contributed by atoms with Gasteiger partial charge in [-0.2, -0.15) is 0 Å². The Morgan fingerprint density at radius 2 is 0.897 bits per heavy atom. The van der Waals surface area contributed by atoms with Gasteiger partial charge in [0.05, 0.1) is 55.1 Å². The Morgan fingerprint density at radius 3 is 1.28 bits per heavy atom. The average molecular weight is 532 g/mol. The summed E-state index contributed by atoms with van der Waals surface area (Å²) in [5, 5.41) is 0. The van der Waals surface area contributed by atoms with Crippen LogP contribution in [0.15, 0.2) is 60.7 Å². The first-order valence-corrected chi connectivity index (χ1v) is 12.7. The maximum atomic E-state index is 13.2. The van der Waals surface area contributed by atoms with Gasteiger partial charge in [0, 0.05) is 0 Å². The molecule has 0 N–H and O–H groups in total. The van der Waals surface area contributed by atoms with E-state index in [1.807, 2.05) is 53.7 Å². The second-order valence-corrected chi connectivity index (χ2v) is 11.3. The largest absolute Gasteiger partial charge is 0.465 e. The van der Waals surface area contributed by atoms with Crippen LogP contribution in [-0.4, -0.2) is 39.2 Å². The van der Waals surface area contributed by atoms with Crippen LogP contribution >= 0.6 is 0 Å². The van der Waals surface area contributed by atoms with E-state index >= 15 is 0 Å². The zero-order valence-corrected chi connectivity index (χ0v) is 24.2. The monoisotopic (exact) mass is 531 g/mol. The van der Waals surface area contributed by atoms with Gasteiger partial charge in [0.1, 0.15) is 0 Å². The summed E-state index contributed by atoms with van der Waals surface area (Å²) in [6.45, 7) is 12.3. The molecule has 3 rings (SSSR count). The summed E-state index contributed by atoms with van der Waals surface area (Å²) in [5.41, 5.74) is 3.44. The van der Waals surface area contributed by atoms with Gasteiger partial charge in [0.15, 0.2) is 0 Å². The predicted molar refractivity (Wildman–Crippen MR) is 153 cm³/mol. The highest BCUT2D eigenvalue weighted by Gasteiger charge is 2.30. The van der Waals surface area contributed by atoms with Gasteiger partial charge in [-0.3, -0.25) is 0 Å². The first-order valence-electron chi connectivity index (χ1n) is 12.7. The molecular formula is C32H37NO6. The molecule has 39 heavy (non-hydrogen) atoms. The number of para-hydroxylation sites is 1. The molecule has 7 nitrogen and oxygen atoms in total. The molecule has 0 aromatic heterocycles. The van der Waals surface area contributed by atoms with Gasteiger partial charge in [-0.05, 0) is 58.4 Å². The molecule has 0 bridgehead atoms. The van der Waals surface area contributed by atoms with E-state index < -0.39 is 17.9 Å². The van der Waals surface area contributed by atoms with E-state index in [-0.39, 0.29) is 27.5 Å². The van der Waals surface area contributed by atoms with Crippen molar-refractivity contribution in [3.63, 3.8) is 0 Å². The van der Waals surface area contributed by atoms with Gasteiger partial charge in [0.25, 0.3) is 0 Å². The second-order valence-electron chi connectivity index (χ2n) is 11.3. The van der Waals surface area contributed by atoms with E-state index in [9.17, 15) is 14.4 Å². The maximum Gasteiger partial charge on any atom is 0.340 e. The minimum atomic E-state index is -0.563. The zero-order valence-electron chi connectivity index (χ0n) is 24.2. The van der Waals surface area contributed by atoms with Gasteiger partial charge < -0.3 is 19.1 Å². The van der Waals surface area contributed by atoms with Crippen molar-refractivity contribution in [2.75, 3.05) is 26.2 Å². The molecule has 206 valence electrons. The molecule has 0 saturated carbocycles. The summed E-state index contributed by atoms with van der Waals surface area (Å²) in [7, 11) is 3.95. The van der Waals surface area contributed by atoms with Crippen LogP contribution in [-0.2, 0) is 25.0 Å². The Labute approximate surface area is 230 Å². The van der Waals surface area contributed by atoms with Crippen molar-refractivity contribution in [3.05, 3.63) is 88.5 Å². The number of anilines is 3. The standard InChI is InChI=1S/C32H37NO6/c1-31(2,3)20-14-16-26(23(18-20)29(35)38-8)33(25-13-11-10-12-22(25)28(34)37-7)27-17-15-21(32(4,5)6)19-24(27)30(36)39-9/h10-19H,1-9H3. The van der Waals surface area contributed by atoms with Crippen LogP contribution in [0.2, 0.25) is 0 Å². The minimum absolute atomic E-state index is 0.248. The van der Waals surface area contributed by atoms with Crippen LogP contribution in [0.25, 0.3) is 0 Å². The lowest BCUT2D eigenvalue weighted by molar-refractivity contribution is 0.0593. The topological polar surface area (TPSA) is 82.1 Å². The molecule has 0 radical (unpaired) electrons. The SMILES string of the molecule is COC(=O)c1ccccc1N(c1ccc(C(C)(C)C)cc1C(=O)OC)c1ccc(C(C)(C)C)cc1C(=O)OC. The molecular weight excluding hydrogens is 494 g/mol. The lowest BCUT2D eigenvalue weighted by atomic mass is 9.85. The summed E-state index contributed by atoms with van der Waals surface area (Å²) >= 11 is 0. The third-order valence-electron chi connectivity index (χ3n) is 6.57. The summed E-state index contributed by atoms with van der Waals surface area (Å²) in [4.78, 5) is 41.0. The van der Waals surface area contributed by atoms with E-state index in [0.29, 0.717) is 17.1 Å². The van der Waals surface area contributed by atoms with Crippen LogP contribution in [0.5, 0.6) is 0 Å². The fourth-order valence-corrected chi connectivity index (χ4v) is 4.28. The normalized spacial score (nSPS) is 11.5. The van der Waals surface area contributed by atoms with E-state index in [4.69, 9.17) is 14.2 Å². The van der Waals surface area contributed by atoms with Crippen LogP contribution in [0, 0.1) is 0 Å². The fraction of sp³-hybridized carbons (Fsp3) is 0.344. The number of esters is 3. The van der Waals surface area contributed by atoms with Gasteiger partial charge in [-0.25, -0.2) is 14.4 Å². The third kappa shape index (κ3) is 6.14. The van der Waals surface area contributed by atoms with Crippen molar-refractivity contribution in [2.24, 2.45) is 0 Å². The molecule has 0 fully saturated rings. The zero-order chi connectivity index (χ0) is 29.1. The van der Waals surface area contributed by atoms with E-state index in [1.165, 1.54) is 21.3 Å². The van der Waals surface area contributed by atoms with Gasteiger partial charge in [-0.15, -0.1) is 0 Å². The number of nitrogens with zero attached hydrogens (tertiary/aromatic N) is 1. The van der Waals surface area contributed by atoms with Crippen molar-refractivity contribution in [1.29, 1.82) is 0 Å². The molecule has 0 aliphatic heterocycles. The molecule has 0 atom stereocenters. The molecule has 0 aliphatic rings. The summed E-state index contributed by atoms with van der Waals surface area (Å²) in [5.74, 6) is -1.67. The summed E-state index contributed by atoms with van der Waals surface area (Å²) in [6, 6.07) is 17.9. The number of hydrogen-bond donors (Lipinski definition) is 0. The van der Waals surface area contributed by atoms with Crippen LogP contribution < -0.4 is 4.90 Å². The average Bonchev–Trinajstić information content (AvgIpc) is 2.91. The van der Waals surface area contributed by atoms with Crippen molar-refractivity contribution >= 4 is 35.0 Å². The smallest absolute Gasteiger partial charge is 0.340 e. The lowest BCUT2D eigenvalue weighted by Gasteiger charge is -2.31. The van der Waals surface area contributed by atoms with Crippen molar-refractivity contribution in [2.45, 2.75) is 52.4 Å². The number of benzene rings is 3. The van der Waals surface area contributed by atoms with Gasteiger partial charge >= 0.3 is 17.9 Å². The Bertz CT molecular complexity index is 1320. The van der Waals surface area contributed by atoms with Crippen LogP contribution in [0.3, 0.4) is 0 Å².